The van der Waals surface area contributed by atoms with Crippen molar-refractivity contribution in [3.8, 4) is 0 Å². The summed E-state index contributed by atoms with van der Waals surface area (Å²) < 4.78 is 4.63. The van der Waals surface area contributed by atoms with Crippen LogP contribution in [0.25, 0.3) is 0 Å². The molecule has 0 aliphatic heterocycles. The summed E-state index contributed by atoms with van der Waals surface area (Å²) in [5.41, 5.74) is 1.58. The predicted octanol–water partition coefficient (Wildman–Crippen LogP) is 3.80. The number of esters is 1. The van der Waals surface area contributed by atoms with Gasteiger partial charge in [0.1, 0.15) is 5.15 Å². The molecule has 100 valence electrons. The molecule has 0 spiro atoms. The molecule has 0 amide bonds. The summed E-state index contributed by atoms with van der Waals surface area (Å²) in [5.74, 6) is 0.352. The minimum atomic E-state index is -0.344. The largest absolute Gasteiger partial charge is 0.465 e. The van der Waals surface area contributed by atoms with Crippen LogP contribution in [0.15, 0.2) is 29.4 Å². The molecule has 0 bridgehead atoms. The highest BCUT2D eigenvalue weighted by Gasteiger charge is 2.07. The van der Waals surface area contributed by atoms with E-state index in [0.717, 1.165) is 5.56 Å². The highest BCUT2D eigenvalue weighted by atomic mass is 35.5. The molecular weight excluding hydrogens is 307 g/mol. The maximum atomic E-state index is 11.3. The molecule has 0 aliphatic rings. The zero-order valence-electron chi connectivity index (χ0n) is 9.94. The van der Waals surface area contributed by atoms with Crippen molar-refractivity contribution >= 4 is 40.9 Å². The molecule has 0 fully saturated rings. The van der Waals surface area contributed by atoms with E-state index in [1.54, 1.807) is 12.1 Å². The lowest BCUT2D eigenvalue weighted by molar-refractivity contribution is 0.0600. The minimum Gasteiger partial charge on any atom is -0.465 e. The molecule has 0 radical (unpaired) electrons. The van der Waals surface area contributed by atoms with Gasteiger partial charge in [0.25, 0.3) is 0 Å². The Morgan fingerprint density at radius 1 is 1.37 bits per heavy atom. The number of carbonyl (C=O) groups excluding carboxylic acids is 1. The van der Waals surface area contributed by atoms with E-state index in [1.807, 2.05) is 12.1 Å². The quantitative estimate of drug-likeness (QED) is 0.688. The maximum absolute atomic E-state index is 11.3. The van der Waals surface area contributed by atoms with E-state index in [-0.39, 0.29) is 11.1 Å². The number of carbonyl (C=O) groups is 1. The fraction of sp³-hybridized carbons (Fsp3) is 0.167. The first-order chi connectivity index (χ1) is 9.10. The predicted molar refractivity (Wildman–Crippen MR) is 76.0 cm³/mol. The monoisotopic (exact) mass is 316 g/mol. The standard InChI is InChI=1S/C12H10Cl2N2O2S/c1-18-11(17)8-4-2-7(3-5-8)6-19-12-15-9(13)10(14)16-12/h2-5H,6H2,1H3,(H,15,16). The number of hydrogen-bond acceptors (Lipinski definition) is 4. The summed E-state index contributed by atoms with van der Waals surface area (Å²) in [6.45, 7) is 0. The molecule has 0 saturated carbocycles. The molecule has 1 N–H and O–H groups in total. The third-order valence-corrected chi connectivity index (χ3v) is 3.94. The first kappa shape index (κ1) is 14.2. The van der Waals surface area contributed by atoms with Crippen LogP contribution in [0.3, 0.4) is 0 Å². The maximum Gasteiger partial charge on any atom is 0.337 e. The van der Waals surface area contributed by atoms with Crippen LogP contribution in [-0.4, -0.2) is 23.0 Å². The molecule has 1 heterocycles. The lowest BCUT2D eigenvalue weighted by atomic mass is 10.1. The highest BCUT2D eigenvalue weighted by molar-refractivity contribution is 7.98. The molecule has 1 aromatic heterocycles. The number of methoxy groups -OCH3 is 1. The molecule has 0 atom stereocenters. The van der Waals surface area contributed by atoms with Crippen molar-refractivity contribution in [3.63, 3.8) is 0 Å². The van der Waals surface area contributed by atoms with Gasteiger partial charge in [-0.2, -0.15) is 0 Å². The van der Waals surface area contributed by atoms with Gasteiger partial charge in [-0.1, -0.05) is 47.1 Å². The van der Waals surface area contributed by atoms with Crippen LogP contribution in [0.1, 0.15) is 15.9 Å². The Morgan fingerprint density at radius 3 is 2.58 bits per heavy atom. The first-order valence-electron chi connectivity index (χ1n) is 5.31. The minimum absolute atomic E-state index is 0.269. The van der Waals surface area contributed by atoms with Crippen molar-refractivity contribution in [2.75, 3.05) is 7.11 Å². The van der Waals surface area contributed by atoms with Gasteiger partial charge in [-0.25, -0.2) is 9.78 Å². The van der Waals surface area contributed by atoms with Crippen LogP contribution in [0.2, 0.25) is 10.3 Å². The number of halogens is 2. The summed E-state index contributed by atoms with van der Waals surface area (Å²) in [5, 5.41) is 1.27. The van der Waals surface area contributed by atoms with Crippen LogP contribution in [0.5, 0.6) is 0 Å². The van der Waals surface area contributed by atoms with Crippen molar-refractivity contribution in [3.05, 3.63) is 45.7 Å². The highest BCUT2D eigenvalue weighted by Crippen LogP contribution is 2.26. The fourth-order valence-corrected chi connectivity index (χ4v) is 2.58. The smallest absolute Gasteiger partial charge is 0.337 e. The van der Waals surface area contributed by atoms with Crippen LogP contribution >= 0.6 is 35.0 Å². The third-order valence-electron chi connectivity index (χ3n) is 2.35. The van der Waals surface area contributed by atoms with Gasteiger partial charge >= 0.3 is 5.97 Å². The molecule has 19 heavy (non-hydrogen) atoms. The Hall–Kier alpha value is -1.17. The van der Waals surface area contributed by atoms with Gasteiger partial charge in [-0.15, -0.1) is 0 Å². The second-order valence-electron chi connectivity index (χ2n) is 3.62. The zero-order chi connectivity index (χ0) is 13.8. The van der Waals surface area contributed by atoms with E-state index >= 15 is 0 Å². The third kappa shape index (κ3) is 3.65. The number of thioether (sulfide) groups is 1. The number of H-pyrrole nitrogens is 1. The lowest BCUT2D eigenvalue weighted by Crippen LogP contribution is -2.00. The number of hydrogen-bond donors (Lipinski definition) is 1. The molecule has 0 unspecified atom stereocenters. The van der Waals surface area contributed by atoms with E-state index in [1.165, 1.54) is 18.9 Å². The van der Waals surface area contributed by atoms with Crippen LogP contribution in [0.4, 0.5) is 0 Å². The normalized spacial score (nSPS) is 10.5. The summed E-state index contributed by atoms with van der Waals surface area (Å²) in [6, 6.07) is 7.18. The second kappa shape index (κ2) is 6.32. The molecule has 4 nitrogen and oxygen atoms in total. The van der Waals surface area contributed by atoms with Crippen molar-refractivity contribution in [1.29, 1.82) is 0 Å². The van der Waals surface area contributed by atoms with E-state index in [9.17, 15) is 4.79 Å². The number of aromatic nitrogens is 2. The SMILES string of the molecule is COC(=O)c1ccc(CSc2nc(Cl)c(Cl)[nH]2)cc1. The van der Waals surface area contributed by atoms with Crippen molar-refractivity contribution in [1.82, 2.24) is 9.97 Å². The number of benzene rings is 1. The van der Waals surface area contributed by atoms with Gasteiger partial charge in [0.15, 0.2) is 10.3 Å². The lowest BCUT2D eigenvalue weighted by Gasteiger charge is -2.02. The van der Waals surface area contributed by atoms with Crippen molar-refractivity contribution in [2.24, 2.45) is 0 Å². The summed E-state index contributed by atoms with van der Waals surface area (Å²) in [7, 11) is 1.36. The van der Waals surface area contributed by atoms with Crippen LogP contribution in [-0.2, 0) is 10.5 Å². The number of ether oxygens (including phenoxy) is 1. The Balaban J connectivity index is 1.98. The molecular formula is C12H10Cl2N2O2S. The second-order valence-corrected chi connectivity index (χ2v) is 5.32. The van der Waals surface area contributed by atoms with Gasteiger partial charge in [-0.05, 0) is 17.7 Å². The number of nitrogens with one attached hydrogen (secondary N) is 1. The molecule has 2 rings (SSSR count). The van der Waals surface area contributed by atoms with Gasteiger partial charge in [0, 0.05) is 5.75 Å². The van der Waals surface area contributed by atoms with Gasteiger partial charge < -0.3 is 9.72 Å². The molecule has 0 aliphatic carbocycles. The number of aromatic amines is 1. The average molecular weight is 317 g/mol. The van der Waals surface area contributed by atoms with Gasteiger partial charge in [0.2, 0.25) is 0 Å². The first-order valence-corrected chi connectivity index (χ1v) is 7.05. The van der Waals surface area contributed by atoms with Crippen LogP contribution < -0.4 is 0 Å². The van der Waals surface area contributed by atoms with Crippen molar-refractivity contribution < 1.29 is 9.53 Å². The Bertz CT molecular complexity index is 564. The Kier molecular flexibility index (Phi) is 4.74. The summed E-state index contributed by atoms with van der Waals surface area (Å²) in [6.07, 6.45) is 0. The number of nitrogens with zero attached hydrogens (tertiary/aromatic N) is 1. The summed E-state index contributed by atoms with van der Waals surface area (Å²) in [4.78, 5) is 18.2. The average Bonchev–Trinajstić information content (AvgIpc) is 2.75. The topological polar surface area (TPSA) is 55.0 Å². The molecule has 1 aromatic carbocycles. The van der Waals surface area contributed by atoms with Gasteiger partial charge in [-0.3, -0.25) is 0 Å². The van der Waals surface area contributed by atoms with Gasteiger partial charge in [0.05, 0.1) is 12.7 Å². The number of imidazole rings is 1. The summed E-state index contributed by atoms with van der Waals surface area (Å²) >= 11 is 13.0. The fourth-order valence-electron chi connectivity index (χ4n) is 1.39. The van der Waals surface area contributed by atoms with E-state index in [4.69, 9.17) is 23.2 Å². The van der Waals surface area contributed by atoms with E-state index in [0.29, 0.717) is 21.6 Å². The van der Waals surface area contributed by atoms with Crippen molar-refractivity contribution in [2.45, 2.75) is 10.9 Å². The molecule has 7 heteroatoms. The zero-order valence-corrected chi connectivity index (χ0v) is 12.3. The molecule has 0 saturated heterocycles. The van der Waals surface area contributed by atoms with E-state index < -0.39 is 0 Å². The Morgan fingerprint density at radius 2 is 2.05 bits per heavy atom. The van der Waals surface area contributed by atoms with Crippen LogP contribution in [0, 0.1) is 0 Å². The Labute approximate surface area is 124 Å². The molecule has 2 aromatic rings. The number of rotatable bonds is 4. The van der Waals surface area contributed by atoms with E-state index in [2.05, 4.69) is 14.7 Å².